The Labute approximate surface area is 210 Å². The molecule has 3 N–H and O–H groups in total. The molecule has 37 heavy (non-hydrogen) atoms. The van der Waals surface area contributed by atoms with Crippen molar-refractivity contribution in [2.45, 2.75) is 56.5 Å². The first-order chi connectivity index (χ1) is 17.6. The number of carbonyl (C=O) groups excluding carboxylic acids is 1. The summed E-state index contributed by atoms with van der Waals surface area (Å²) in [6, 6.07) is 11.6. The fourth-order valence-electron chi connectivity index (χ4n) is 4.99. The summed E-state index contributed by atoms with van der Waals surface area (Å²) >= 11 is 0. The van der Waals surface area contributed by atoms with Gasteiger partial charge in [0.05, 0.1) is 35.4 Å². The van der Waals surface area contributed by atoms with Gasteiger partial charge in [-0.25, -0.2) is 4.98 Å². The number of carbonyl (C=O) groups is 1. The van der Waals surface area contributed by atoms with Crippen molar-refractivity contribution in [2.75, 3.05) is 6.54 Å². The highest BCUT2D eigenvalue weighted by Crippen LogP contribution is 2.52. The molecular weight excluding hydrogens is 487 g/mol. The summed E-state index contributed by atoms with van der Waals surface area (Å²) in [4.78, 5) is 35.2. The molecule has 1 atom stereocenters. The first kappa shape index (κ1) is 25.2. The van der Waals surface area contributed by atoms with Crippen LogP contribution in [0.2, 0.25) is 0 Å². The minimum atomic E-state index is -4.60. The number of amides is 1. The maximum Gasteiger partial charge on any atom is 0.416 e. The number of aliphatic hydroxyl groups excluding tert-OH is 2. The third-order valence-corrected chi connectivity index (χ3v) is 7.23. The van der Waals surface area contributed by atoms with E-state index in [1.54, 1.807) is 0 Å². The van der Waals surface area contributed by atoms with Gasteiger partial charge in [0.15, 0.2) is 6.10 Å². The quantitative estimate of drug-likeness (QED) is 0.485. The predicted octanol–water partition coefficient (Wildman–Crippen LogP) is 3.37. The van der Waals surface area contributed by atoms with E-state index in [-0.39, 0.29) is 30.8 Å². The molecular formula is C27H26F3N3O4. The molecule has 0 radical (unpaired) electrons. The lowest BCUT2D eigenvalue weighted by molar-refractivity contribution is -0.142. The van der Waals surface area contributed by atoms with Crippen LogP contribution in [0.1, 0.15) is 64.7 Å². The van der Waals surface area contributed by atoms with Crippen LogP contribution in [0.15, 0.2) is 53.3 Å². The van der Waals surface area contributed by atoms with Crippen molar-refractivity contribution in [3.63, 3.8) is 0 Å². The Morgan fingerprint density at radius 1 is 1.16 bits per heavy atom. The van der Waals surface area contributed by atoms with Gasteiger partial charge in [0.25, 0.3) is 11.5 Å². The van der Waals surface area contributed by atoms with Gasteiger partial charge in [-0.15, -0.1) is 0 Å². The number of aryl methyl sites for hydroxylation is 1. The van der Waals surface area contributed by atoms with Crippen LogP contribution in [0.4, 0.5) is 13.2 Å². The summed E-state index contributed by atoms with van der Waals surface area (Å²) in [6.45, 7) is 0.0394. The Morgan fingerprint density at radius 2 is 1.92 bits per heavy atom. The molecule has 10 heteroatoms. The van der Waals surface area contributed by atoms with E-state index < -0.39 is 29.2 Å². The van der Waals surface area contributed by atoms with Crippen LogP contribution in [-0.4, -0.2) is 37.5 Å². The third-order valence-electron chi connectivity index (χ3n) is 7.23. The highest BCUT2D eigenvalue weighted by Gasteiger charge is 2.49. The van der Waals surface area contributed by atoms with E-state index in [2.05, 4.69) is 4.98 Å². The van der Waals surface area contributed by atoms with Crippen molar-refractivity contribution in [1.82, 2.24) is 14.9 Å². The average Bonchev–Trinajstić information content (AvgIpc) is 3.72. The summed E-state index contributed by atoms with van der Waals surface area (Å²) in [5.74, 6) is -0.217. The second-order valence-electron chi connectivity index (χ2n) is 9.67. The lowest BCUT2D eigenvalue weighted by atomic mass is 9.93. The number of nitrogens with one attached hydrogen (secondary N) is 1. The highest BCUT2D eigenvalue weighted by atomic mass is 19.4. The number of H-pyrrole nitrogens is 1. The minimum Gasteiger partial charge on any atom is -0.392 e. The van der Waals surface area contributed by atoms with Gasteiger partial charge in [-0.05, 0) is 54.5 Å². The number of aromatic amines is 1. The number of halogens is 3. The topological polar surface area (TPSA) is 107 Å². The largest absolute Gasteiger partial charge is 0.416 e. The van der Waals surface area contributed by atoms with Crippen molar-refractivity contribution in [3.05, 3.63) is 98.2 Å². The van der Waals surface area contributed by atoms with Gasteiger partial charge in [0.1, 0.15) is 5.82 Å². The number of fused-ring (bicyclic) bond motifs is 1. The van der Waals surface area contributed by atoms with Crippen molar-refractivity contribution >= 4 is 5.91 Å². The minimum absolute atomic E-state index is 0.0890. The van der Waals surface area contributed by atoms with E-state index in [0.29, 0.717) is 29.9 Å². The Bertz CT molecular complexity index is 1400. The first-order valence-electron chi connectivity index (χ1n) is 12.1. The normalized spacial score (nSPS) is 17.6. The summed E-state index contributed by atoms with van der Waals surface area (Å²) in [5.41, 5.74) is 0.708. The molecule has 2 heterocycles. The Hall–Kier alpha value is -3.50. The zero-order chi connectivity index (χ0) is 26.4. The van der Waals surface area contributed by atoms with Gasteiger partial charge in [0.2, 0.25) is 0 Å². The van der Waals surface area contributed by atoms with Crippen LogP contribution in [0, 0.1) is 0 Å². The van der Waals surface area contributed by atoms with Gasteiger partial charge in [-0.2, -0.15) is 13.2 Å². The lowest BCUT2D eigenvalue weighted by Gasteiger charge is -2.24. The monoisotopic (exact) mass is 513 g/mol. The fraction of sp³-hybridized carbons (Fsp3) is 0.370. The summed E-state index contributed by atoms with van der Waals surface area (Å²) in [7, 11) is 0. The van der Waals surface area contributed by atoms with Crippen LogP contribution >= 0.6 is 0 Å². The molecule has 0 spiro atoms. The van der Waals surface area contributed by atoms with Crippen molar-refractivity contribution in [1.29, 1.82) is 0 Å². The predicted molar refractivity (Wildman–Crippen MR) is 127 cm³/mol. The molecule has 1 saturated carbocycles. The molecule has 3 aromatic rings. The van der Waals surface area contributed by atoms with Crippen LogP contribution in [0.5, 0.6) is 0 Å². The Morgan fingerprint density at radius 3 is 2.62 bits per heavy atom. The molecule has 2 aliphatic rings. The van der Waals surface area contributed by atoms with Crippen LogP contribution < -0.4 is 5.56 Å². The number of aromatic nitrogens is 2. The van der Waals surface area contributed by atoms with Crippen LogP contribution in [-0.2, 0) is 36.0 Å². The van der Waals surface area contributed by atoms with Gasteiger partial charge in [-0.3, -0.25) is 9.59 Å². The second-order valence-corrected chi connectivity index (χ2v) is 9.67. The number of rotatable bonds is 5. The SMILES string of the molecule is O=C(C(O)c1cccc(C(F)(F)F)c1)N1CCCc2nc(C3(c4cccc(CO)c4)CC3)[nH]c(=O)c2C1. The maximum atomic E-state index is 13.2. The average molecular weight is 514 g/mol. The molecule has 0 bridgehead atoms. The van der Waals surface area contributed by atoms with Crippen molar-refractivity contribution in [3.8, 4) is 0 Å². The molecule has 2 aromatic carbocycles. The zero-order valence-corrected chi connectivity index (χ0v) is 19.9. The summed E-state index contributed by atoms with van der Waals surface area (Å²) in [5, 5.41) is 20.1. The molecule has 0 saturated heterocycles. The van der Waals surface area contributed by atoms with Gasteiger partial charge in [-0.1, -0.05) is 36.4 Å². The van der Waals surface area contributed by atoms with E-state index in [9.17, 15) is 33.0 Å². The molecule has 1 aliphatic heterocycles. The summed E-state index contributed by atoms with van der Waals surface area (Å²) < 4.78 is 39.3. The van der Waals surface area contributed by atoms with Gasteiger partial charge >= 0.3 is 6.18 Å². The number of hydrogen-bond donors (Lipinski definition) is 3. The van der Waals surface area contributed by atoms with Crippen LogP contribution in [0.25, 0.3) is 0 Å². The first-order valence-corrected chi connectivity index (χ1v) is 12.1. The zero-order valence-electron chi connectivity index (χ0n) is 19.9. The van der Waals surface area contributed by atoms with Crippen molar-refractivity contribution in [2.24, 2.45) is 0 Å². The molecule has 5 rings (SSSR count). The molecule has 194 valence electrons. The van der Waals surface area contributed by atoms with Crippen LogP contribution in [0.3, 0.4) is 0 Å². The van der Waals surface area contributed by atoms with Gasteiger partial charge in [0, 0.05) is 6.54 Å². The van der Waals surface area contributed by atoms with E-state index in [4.69, 9.17) is 4.98 Å². The molecule has 1 unspecified atom stereocenters. The number of nitrogens with zero attached hydrogens (tertiary/aromatic N) is 2. The smallest absolute Gasteiger partial charge is 0.392 e. The Kier molecular flexibility index (Phi) is 6.41. The molecule has 1 aromatic heterocycles. The summed E-state index contributed by atoms with van der Waals surface area (Å²) in [6.07, 6.45) is -3.85. The fourth-order valence-corrected chi connectivity index (χ4v) is 4.99. The standard InChI is InChI=1S/C27H26F3N3O4/c28-27(29,30)19-7-2-5-17(13-19)22(35)24(37)33-11-3-8-21-20(14-33)23(36)32-25(31-21)26(9-10-26)18-6-1-4-16(12-18)15-34/h1-2,4-7,12-13,22,34-35H,3,8-11,14-15H2,(H,31,32,36). The maximum absolute atomic E-state index is 13.2. The number of aliphatic hydroxyl groups is 2. The second kappa shape index (κ2) is 9.42. The van der Waals surface area contributed by atoms with E-state index in [1.807, 2.05) is 24.3 Å². The number of benzene rings is 2. The lowest BCUT2D eigenvalue weighted by Crippen LogP contribution is -2.36. The van der Waals surface area contributed by atoms with E-state index >= 15 is 0 Å². The molecule has 7 nitrogen and oxygen atoms in total. The van der Waals surface area contributed by atoms with E-state index in [1.165, 1.54) is 11.0 Å². The van der Waals surface area contributed by atoms with Gasteiger partial charge < -0.3 is 20.1 Å². The Balaban J connectivity index is 1.41. The number of hydrogen-bond acceptors (Lipinski definition) is 5. The number of alkyl halides is 3. The highest BCUT2D eigenvalue weighted by molar-refractivity contribution is 5.82. The van der Waals surface area contributed by atoms with E-state index in [0.717, 1.165) is 42.2 Å². The third kappa shape index (κ3) is 4.78. The molecule has 1 aliphatic carbocycles. The van der Waals surface area contributed by atoms with Crippen molar-refractivity contribution < 1.29 is 28.2 Å². The molecule has 1 fully saturated rings. The molecule has 1 amide bonds.